The summed E-state index contributed by atoms with van der Waals surface area (Å²) in [5.74, 6) is 2.91. The Hall–Kier alpha value is -2.47. The third kappa shape index (κ3) is 2.90. The van der Waals surface area contributed by atoms with Gasteiger partial charge in [-0.1, -0.05) is 23.4 Å². The smallest absolute Gasteiger partial charge is 0.232 e. The number of benzene rings is 1. The first-order valence-electron chi connectivity index (χ1n) is 7.71. The normalized spacial score (nSPS) is 17.7. The SMILES string of the molecule is Cc1oc(-c2ccccc2)nc1Cc1nc(C2CCOC2)no1. The van der Waals surface area contributed by atoms with Crippen LogP contribution in [0.1, 0.15) is 35.5 Å². The fourth-order valence-electron chi connectivity index (χ4n) is 2.68. The highest BCUT2D eigenvalue weighted by Gasteiger charge is 2.23. The van der Waals surface area contributed by atoms with E-state index in [1.807, 2.05) is 37.3 Å². The van der Waals surface area contributed by atoms with E-state index >= 15 is 0 Å². The molecule has 0 saturated carbocycles. The van der Waals surface area contributed by atoms with Gasteiger partial charge in [0.2, 0.25) is 11.8 Å². The van der Waals surface area contributed by atoms with Gasteiger partial charge < -0.3 is 13.7 Å². The Kier molecular flexibility index (Phi) is 3.67. The molecule has 1 atom stereocenters. The van der Waals surface area contributed by atoms with E-state index in [9.17, 15) is 0 Å². The van der Waals surface area contributed by atoms with Crippen LogP contribution in [-0.4, -0.2) is 28.3 Å². The first kappa shape index (κ1) is 14.1. The van der Waals surface area contributed by atoms with E-state index in [-0.39, 0.29) is 5.92 Å². The molecule has 23 heavy (non-hydrogen) atoms. The molecule has 0 aliphatic carbocycles. The van der Waals surface area contributed by atoms with Crippen molar-refractivity contribution in [2.75, 3.05) is 13.2 Å². The predicted molar refractivity (Wildman–Crippen MR) is 82.0 cm³/mol. The van der Waals surface area contributed by atoms with Crippen molar-refractivity contribution in [1.29, 1.82) is 0 Å². The molecule has 1 unspecified atom stereocenters. The largest absolute Gasteiger partial charge is 0.441 e. The monoisotopic (exact) mass is 311 g/mol. The summed E-state index contributed by atoms with van der Waals surface area (Å²) >= 11 is 0. The Balaban J connectivity index is 1.54. The van der Waals surface area contributed by atoms with Crippen LogP contribution in [0.25, 0.3) is 11.5 Å². The maximum atomic E-state index is 5.76. The molecule has 4 rings (SSSR count). The van der Waals surface area contributed by atoms with Crippen LogP contribution >= 0.6 is 0 Å². The second-order valence-electron chi connectivity index (χ2n) is 5.67. The second-order valence-corrected chi connectivity index (χ2v) is 5.67. The number of hydrogen-bond acceptors (Lipinski definition) is 6. The molecule has 0 N–H and O–H groups in total. The molecule has 1 aliphatic rings. The Labute approximate surface area is 133 Å². The van der Waals surface area contributed by atoms with Crippen LogP contribution in [0.2, 0.25) is 0 Å². The Bertz CT molecular complexity index is 789. The van der Waals surface area contributed by atoms with Gasteiger partial charge in [0.05, 0.1) is 18.7 Å². The fraction of sp³-hybridized carbons (Fsp3) is 0.353. The third-order valence-corrected chi connectivity index (χ3v) is 4.01. The van der Waals surface area contributed by atoms with Gasteiger partial charge in [-0.3, -0.25) is 0 Å². The maximum absolute atomic E-state index is 5.76. The van der Waals surface area contributed by atoms with Crippen molar-refractivity contribution in [1.82, 2.24) is 15.1 Å². The molecule has 3 heterocycles. The van der Waals surface area contributed by atoms with Crippen LogP contribution < -0.4 is 0 Å². The molecule has 6 heteroatoms. The zero-order valence-electron chi connectivity index (χ0n) is 12.9. The van der Waals surface area contributed by atoms with Gasteiger partial charge in [-0.05, 0) is 25.5 Å². The number of aryl methyl sites for hydroxylation is 1. The summed E-state index contributed by atoms with van der Waals surface area (Å²) in [5.41, 5.74) is 1.78. The molecule has 3 aromatic rings. The summed E-state index contributed by atoms with van der Waals surface area (Å²) in [7, 11) is 0. The highest BCUT2D eigenvalue weighted by atomic mass is 16.5. The van der Waals surface area contributed by atoms with Gasteiger partial charge in [-0.25, -0.2) is 4.98 Å². The molecule has 1 aromatic carbocycles. The molecule has 2 aromatic heterocycles. The second kappa shape index (κ2) is 5.96. The van der Waals surface area contributed by atoms with E-state index < -0.39 is 0 Å². The average molecular weight is 311 g/mol. The van der Waals surface area contributed by atoms with E-state index in [1.54, 1.807) is 0 Å². The molecule has 0 radical (unpaired) electrons. The van der Waals surface area contributed by atoms with Gasteiger partial charge in [-0.2, -0.15) is 4.98 Å². The molecule has 118 valence electrons. The Morgan fingerprint density at radius 1 is 1.17 bits per heavy atom. The lowest BCUT2D eigenvalue weighted by Crippen LogP contribution is -2.00. The fourth-order valence-corrected chi connectivity index (χ4v) is 2.68. The van der Waals surface area contributed by atoms with Gasteiger partial charge in [0.15, 0.2) is 5.82 Å². The summed E-state index contributed by atoms with van der Waals surface area (Å²) in [5, 5.41) is 4.06. The minimum absolute atomic E-state index is 0.241. The van der Waals surface area contributed by atoms with Crippen molar-refractivity contribution < 1.29 is 13.7 Å². The summed E-state index contributed by atoms with van der Waals surface area (Å²) in [6, 6.07) is 9.83. The molecule has 6 nitrogen and oxygen atoms in total. The van der Waals surface area contributed by atoms with Crippen LogP contribution in [0.5, 0.6) is 0 Å². The average Bonchev–Trinajstić information content (AvgIpc) is 3.30. The standard InChI is InChI=1S/C17H17N3O3/c1-11-14(18-17(22-11)12-5-3-2-4-6-12)9-15-19-16(20-23-15)13-7-8-21-10-13/h2-6,13H,7-10H2,1H3. The molecule has 0 amide bonds. The van der Waals surface area contributed by atoms with Gasteiger partial charge in [-0.15, -0.1) is 0 Å². The Morgan fingerprint density at radius 2 is 2.04 bits per heavy atom. The lowest BCUT2D eigenvalue weighted by molar-refractivity contribution is 0.192. The van der Waals surface area contributed by atoms with E-state index in [0.717, 1.165) is 35.9 Å². The quantitative estimate of drug-likeness (QED) is 0.737. The minimum Gasteiger partial charge on any atom is -0.441 e. The number of ether oxygens (including phenoxy) is 1. The number of hydrogen-bond donors (Lipinski definition) is 0. The molecular formula is C17H17N3O3. The lowest BCUT2D eigenvalue weighted by Gasteiger charge is -1.97. The van der Waals surface area contributed by atoms with Gasteiger partial charge in [0.1, 0.15) is 5.76 Å². The van der Waals surface area contributed by atoms with Crippen LogP contribution in [0.15, 0.2) is 39.3 Å². The van der Waals surface area contributed by atoms with E-state index in [4.69, 9.17) is 13.7 Å². The van der Waals surface area contributed by atoms with Gasteiger partial charge in [0, 0.05) is 18.1 Å². The van der Waals surface area contributed by atoms with Crippen LogP contribution in [0.3, 0.4) is 0 Å². The highest BCUT2D eigenvalue weighted by molar-refractivity contribution is 5.53. The van der Waals surface area contributed by atoms with Crippen molar-refractivity contribution >= 4 is 0 Å². The molecule has 0 spiro atoms. The van der Waals surface area contributed by atoms with E-state index in [1.165, 1.54) is 0 Å². The molecule has 1 aliphatic heterocycles. The zero-order chi connectivity index (χ0) is 15.6. The van der Waals surface area contributed by atoms with Crippen molar-refractivity contribution in [2.45, 2.75) is 25.7 Å². The summed E-state index contributed by atoms with van der Waals surface area (Å²) in [6.07, 6.45) is 1.42. The van der Waals surface area contributed by atoms with Crippen LogP contribution in [0, 0.1) is 6.92 Å². The number of oxazole rings is 1. The molecule has 1 fully saturated rings. The number of aromatic nitrogens is 3. The topological polar surface area (TPSA) is 74.2 Å². The van der Waals surface area contributed by atoms with Crippen molar-refractivity contribution in [3.63, 3.8) is 0 Å². The van der Waals surface area contributed by atoms with Crippen molar-refractivity contribution in [3.05, 3.63) is 53.5 Å². The predicted octanol–water partition coefficient (Wildman–Crippen LogP) is 3.13. The summed E-state index contributed by atoms with van der Waals surface area (Å²) < 4.78 is 16.5. The van der Waals surface area contributed by atoms with Gasteiger partial charge in [0.25, 0.3) is 0 Å². The molecular weight excluding hydrogens is 294 g/mol. The first-order valence-corrected chi connectivity index (χ1v) is 7.71. The summed E-state index contributed by atoms with van der Waals surface area (Å²) in [6.45, 7) is 3.33. The third-order valence-electron chi connectivity index (χ3n) is 4.01. The first-order chi connectivity index (χ1) is 11.3. The van der Waals surface area contributed by atoms with Crippen molar-refractivity contribution in [3.8, 4) is 11.5 Å². The van der Waals surface area contributed by atoms with E-state index in [0.29, 0.717) is 24.8 Å². The number of rotatable bonds is 4. The van der Waals surface area contributed by atoms with Gasteiger partial charge >= 0.3 is 0 Å². The Morgan fingerprint density at radius 3 is 2.83 bits per heavy atom. The number of nitrogens with zero attached hydrogens (tertiary/aromatic N) is 3. The molecule has 0 bridgehead atoms. The molecule has 1 saturated heterocycles. The van der Waals surface area contributed by atoms with Crippen LogP contribution in [-0.2, 0) is 11.2 Å². The summed E-state index contributed by atoms with van der Waals surface area (Å²) in [4.78, 5) is 9.03. The zero-order valence-corrected chi connectivity index (χ0v) is 12.9. The highest BCUT2D eigenvalue weighted by Crippen LogP contribution is 2.25. The lowest BCUT2D eigenvalue weighted by atomic mass is 10.1. The van der Waals surface area contributed by atoms with Crippen LogP contribution in [0.4, 0.5) is 0 Å². The minimum atomic E-state index is 0.241. The van der Waals surface area contributed by atoms with E-state index in [2.05, 4.69) is 15.1 Å². The van der Waals surface area contributed by atoms with Crippen molar-refractivity contribution in [2.24, 2.45) is 0 Å². The maximum Gasteiger partial charge on any atom is 0.232 e.